The Bertz CT molecular complexity index is 855. The predicted octanol–water partition coefficient (Wildman–Crippen LogP) is 4.61. The Kier molecular flexibility index (Phi) is 4.77. The first kappa shape index (κ1) is 18.1. The van der Waals surface area contributed by atoms with Crippen LogP contribution in [0.4, 0.5) is 11.4 Å². The van der Waals surface area contributed by atoms with E-state index >= 15 is 0 Å². The molecule has 0 saturated carbocycles. The Hall–Kier alpha value is -2.75. The first-order valence-electron chi connectivity index (χ1n) is 8.92. The van der Waals surface area contributed by atoms with E-state index in [1.165, 1.54) is 16.9 Å². The highest BCUT2D eigenvalue weighted by Gasteiger charge is 2.31. The zero-order chi connectivity index (χ0) is 19.0. The van der Waals surface area contributed by atoms with E-state index in [0.717, 1.165) is 11.1 Å². The number of aromatic carboxylic acids is 1. The van der Waals surface area contributed by atoms with Gasteiger partial charge in [0, 0.05) is 31.7 Å². The van der Waals surface area contributed by atoms with Crippen LogP contribution in [0.25, 0.3) is 11.6 Å². The smallest absolute Gasteiger partial charge is 0.335 e. The van der Waals surface area contributed by atoms with E-state index in [1.54, 1.807) is 12.1 Å². The number of anilines is 2. The Labute approximate surface area is 155 Å². The van der Waals surface area contributed by atoms with Gasteiger partial charge in [-0.05, 0) is 50.1 Å². The molecule has 1 heterocycles. The number of carbonyl (C=O) groups is 1. The van der Waals surface area contributed by atoms with Gasteiger partial charge in [-0.2, -0.15) is 0 Å². The van der Waals surface area contributed by atoms with Gasteiger partial charge in [0.25, 0.3) is 0 Å². The van der Waals surface area contributed by atoms with Gasteiger partial charge in [0.1, 0.15) is 0 Å². The fraction of sp³-hybridized carbons (Fsp3) is 0.318. The minimum Gasteiger partial charge on any atom is -0.478 e. The van der Waals surface area contributed by atoms with Crippen LogP contribution in [-0.2, 0) is 0 Å². The van der Waals surface area contributed by atoms with Crippen LogP contribution in [0.3, 0.4) is 0 Å². The van der Waals surface area contributed by atoms with Crippen molar-refractivity contribution in [2.24, 2.45) is 0 Å². The molecule has 2 atom stereocenters. The first-order valence-corrected chi connectivity index (χ1v) is 8.92. The van der Waals surface area contributed by atoms with Crippen molar-refractivity contribution < 1.29 is 9.90 Å². The van der Waals surface area contributed by atoms with Crippen LogP contribution in [0, 0.1) is 0 Å². The van der Waals surface area contributed by atoms with Crippen molar-refractivity contribution in [3.05, 3.63) is 59.2 Å². The second-order valence-electron chi connectivity index (χ2n) is 7.13. The average molecular weight is 350 g/mol. The maximum atomic E-state index is 11.0. The van der Waals surface area contributed by atoms with Gasteiger partial charge in [0.2, 0.25) is 0 Å². The molecule has 3 rings (SSSR count). The number of fused-ring (bicyclic) bond motifs is 1. The Balaban J connectivity index is 2.03. The molecule has 136 valence electrons. The molecule has 0 amide bonds. The van der Waals surface area contributed by atoms with Crippen molar-refractivity contribution in [1.82, 2.24) is 0 Å². The standard InChI is InChI=1S/C22H26N2O2/c1-14(13-17-9-11-18(12-10-17)22(25)26)19-7-6-8-20-21(19)24(5)16(3)15(2)23(20)4/h6-13,15-16H,1-5H3,(H,25,26). The maximum absolute atomic E-state index is 11.0. The summed E-state index contributed by atoms with van der Waals surface area (Å²) in [5.74, 6) is -0.901. The molecule has 0 fully saturated rings. The van der Waals surface area contributed by atoms with Crippen molar-refractivity contribution in [1.29, 1.82) is 0 Å². The van der Waals surface area contributed by atoms with Gasteiger partial charge in [-0.1, -0.05) is 30.3 Å². The molecule has 2 aromatic carbocycles. The summed E-state index contributed by atoms with van der Waals surface area (Å²) in [5, 5.41) is 9.04. The van der Waals surface area contributed by atoms with Crippen molar-refractivity contribution in [3.63, 3.8) is 0 Å². The average Bonchev–Trinajstić information content (AvgIpc) is 2.64. The molecule has 0 spiro atoms. The molecule has 0 aromatic heterocycles. The topological polar surface area (TPSA) is 43.8 Å². The Morgan fingerprint density at radius 3 is 2.23 bits per heavy atom. The van der Waals surface area contributed by atoms with Crippen LogP contribution in [0.1, 0.15) is 42.3 Å². The van der Waals surface area contributed by atoms with Crippen molar-refractivity contribution in [2.75, 3.05) is 23.9 Å². The van der Waals surface area contributed by atoms with Gasteiger partial charge in [0.05, 0.1) is 16.9 Å². The maximum Gasteiger partial charge on any atom is 0.335 e. The van der Waals surface area contributed by atoms with Gasteiger partial charge in [-0.25, -0.2) is 4.79 Å². The van der Waals surface area contributed by atoms with Gasteiger partial charge in [0.15, 0.2) is 0 Å². The minimum absolute atomic E-state index is 0.307. The summed E-state index contributed by atoms with van der Waals surface area (Å²) in [6.45, 7) is 6.62. The molecular weight excluding hydrogens is 324 g/mol. The molecule has 4 nitrogen and oxygen atoms in total. The highest BCUT2D eigenvalue weighted by atomic mass is 16.4. The molecule has 0 bridgehead atoms. The van der Waals surface area contributed by atoms with Gasteiger partial charge in [-0.3, -0.25) is 0 Å². The highest BCUT2D eigenvalue weighted by molar-refractivity contribution is 5.93. The molecule has 0 aliphatic carbocycles. The molecule has 1 N–H and O–H groups in total. The minimum atomic E-state index is -0.901. The number of benzene rings is 2. The third kappa shape index (κ3) is 3.07. The first-order chi connectivity index (χ1) is 12.3. The number of carboxylic acids is 1. The SMILES string of the molecule is CC(=Cc1ccc(C(=O)O)cc1)c1cccc2c1N(C)C(C)C(C)N2C. The molecule has 1 aliphatic rings. The lowest BCUT2D eigenvalue weighted by molar-refractivity contribution is 0.0697. The summed E-state index contributed by atoms with van der Waals surface area (Å²) in [6, 6.07) is 14.3. The fourth-order valence-corrected chi connectivity index (χ4v) is 3.62. The lowest BCUT2D eigenvalue weighted by Gasteiger charge is -2.46. The summed E-state index contributed by atoms with van der Waals surface area (Å²) >= 11 is 0. The number of nitrogens with zero attached hydrogens (tertiary/aromatic N) is 2. The monoisotopic (exact) mass is 350 g/mol. The molecule has 26 heavy (non-hydrogen) atoms. The number of para-hydroxylation sites is 1. The normalized spacial score (nSPS) is 20.1. The lowest BCUT2D eigenvalue weighted by atomic mass is 9.95. The van der Waals surface area contributed by atoms with Crippen LogP contribution in [-0.4, -0.2) is 37.3 Å². The molecule has 4 heteroatoms. The third-order valence-electron chi connectivity index (χ3n) is 5.63. The number of rotatable bonds is 3. The molecule has 2 aromatic rings. The Morgan fingerprint density at radius 1 is 1.00 bits per heavy atom. The summed E-state index contributed by atoms with van der Waals surface area (Å²) < 4.78 is 0. The number of carboxylic acid groups (broad SMARTS) is 1. The van der Waals surface area contributed by atoms with E-state index in [9.17, 15) is 4.79 Å². The molecular formula is C22H26N2O2. The molecule has 0 radical (unpaired) electrons. The van der Waals surface area contributed by atoms with Crippen molar-refractivity contribution in [3.8, 4) is 0 Å². The van der Waals surface area contributed by atoms with E-state index in [0.29, 0.717) is 17.6 Å². The molecule has 2 unspecified atom stereocenters. The van der Waals surface area contributed by atoms with Gasteiger partial charge in [-0.15, -0.1) is 0 Å². The van der Waals surface area contributed by atoms with Crippen LogP contribution in [0.5, 0.6) is 0 Å². The molecule has 1 aliphatic heterocycles. The van der Waals surface area contributed by atoms with Crippen LogP contribution in [0.15, 0.2) is 42.5 Å². The van der Waals surface area contributed by atoms with Crippen molar-refractivity contribution in [2.45, 2.75) is 32.9 Å². The summed E-state index contributed by atoms with van der Waals surface area (Å²) in [7, 11) is 4.31. The van der Waals surface area contributed by atoms with E-state index in [2.05, 4.69) is 68.9 Å². The van der Waals surface area contributed by atoms with Crippen LogP contribution in [0.2, 0.25) is 0 Å². The number of hydrogen-bond acceptors (Lipinski definition) is 3. The number of likely N-dealkylation sites (N-methyl/N-ethyl adjacent to an activating group) is 2. The third-order valence-corrected chi connectivity index (χ3v) is 5.63. The van der Waals surface area contributed by atoms with E-state index in [4.69, 9.17) is 5.11 Å². The van der Waals surface area contributed by atoms with Gasteiger partial charge >= 0.3 is 5.97 Å². The zero-order valence-electron chi connectivity index (χ0n) is 16.0. The largest absolute Gasteiger partial charge is 0.478 e. The predicted molar refractivity (Wildman–Crippen MR) is 109 cm³/mol. The van der Waals surface area contributed by atoms with Crippen LogP contribution < -0.4 is 9.80 Å². The highest BCUT2D eigenvalue weighted by Crippen LogP contribution is 2.41. The summed E-state index contributed by atoms with van der Waals surface area (Å²) in [5.41, 5.74) is 6.16. The quantitative estimate of drug-likeness (QED) is 0.821. The zero-order valence-corrected chi connectivity index (χ0v) is 16.0. The lowest BCUT2D eigenvalue weighted by Crippen LogP contribution is -2.51. The number of allylic oxidation sites excluding steroid dienone is 1. The molecule has 0 saturated heterocycles. The number of hydrogen-bond donors (Lipinski definition) is 1. The van der Waals surface area contributed by atoms with Gasteiger partial charge < -0.3 is 14.9 Å². The fourth-order valence-electron chi connectivity index (χ4n) is 3.62. The van der Waals surface area contributed by atoms with E-state index in [-0.39, 0.29) is 0 Å². The second kappa shape index (κ2) is 6.87. The van der Waals surface area contributed by atoms with E-state index < -0.39 is 5.97 Å². The van der Waals surface area contributed by atoms with E-state index in [1.807, 2.05) is 12.1 Å². The Morgan fingerprint density at radius 2 is 1.62 bits per heavy atom. The second-order valence-corrected chi connectivity index (χ2v) is 7.13. The summed E-state index contributed by atoms with van der Waals surface area (Å²) in [6.07, 6.45) is 2.11. The van der Waals surface area contributed by atoms with Crippen LogP contribution >= 0.6 is 0 Å². The van der Waals surface area contributed by atoms with Crippen molar-refractivity contribution >= 4 is 29.0 Å². The summed E-state index contributed by atoms with van der Waals surface area (Å²) in [4.78, 5) is 15.7.